The summed E-state index contributed by atoms with van der Waals surface area (Å²) in [6.07, 6.45) is 3.61. The van der Waals surface area contributed by atoms with Gasteiger partial charge in [0.2, 0.25) is 10.0 Å². The summed E-state index contributed by atoms with van der Waals surface area (Å²) in [4.78, 5) is -0.231. The van der Waals surface area contributed by atoms with Crippen molar-refractivity contribution >= 4 is 10.0 Å². The Kier molecular flexibility index (Phi) is 4.95. The molecule has 1 aromatic carbocycles. The first-order valence-electron chi connectivity index (χ1n) is 7.01. The molecule has 0 bridgehead atoms. The van der Waals surface area contributed by atoms with Crippen LogP contribution in [0.5, 0.6) is 0 Å². The van der Waals surface area contributed by atoms with Gasteiger partial charge in [-0.3, -0.25) is 0 Å². The van der Waals surface area contributed by atoms with E-state index in [-0.39, 0.29) is 16.9 Å². The first kappa shape index (κ1) is 16.3. The maximum absolute atomic E-state index is 13.3. The Morgan fingerprint density at radius 3 is 2.52 bits per heavy atom. The summed E-state index contributed by atoms with van der Waals surface area (Å²) in [5, 5.41) is 0. The molecule has 118 valence electrons. The van der Waals surface area contributed by atoms with Crippen LogP contribution in [0.2, 0.25) is 0 Å². The summed E-state index contributed by atoms with van der Waals surface area (Å²) in [7, 11) is -2.37. The van der Waals surface area contributed by atoms with Crippen molar-refractivity contribution in [1.82, 2.24) is 4.31 Å². The lowest BCUT2D eigenvalue weighted by Gasteiger charge is -2.36. The van der Waals surface area contributed by atoms with E-state index < -0.39 is 21.7 Å². The molecule has 0 aromatic heterocycles. The summed E-state index contributed by atoms with van der Waals surface area (Å²) in [6, 6.07) is 2.45. The van der Waals surface area contributed by atoms with E-state index in [1.165, 1.54) is 11.4 Å². The van der Waals surface area contributed by atoms with Crippen LogP contribution in [0.4, 0.5) is 8.78 Å². The van der Waals surface area contributed by atoms with E-state index in [4.69, 9.17) is 5.73 Å². The molecular weight excluding hydrogens is 298 g/mol. The highest BCUT2D eigenvalue weighted by atomic mass is 32.2. The molecule has 0 spiro atoms. The third-order valence-electron chi connectivity index (χ3n) is 4.21. The third kappa shape index (κ3) is 3.25. The first-order valence-corrected chi connectivity index (χ1v) is 8.45. The fourth-order valence-electron chi connectivity index (χ4n) is 2.92. The number of benzene rings is 1. The van der Waals surface area contributed by atoms with Gasteiger partial charge in [0.25, 0.3) is 0 Å². The van der Waals surface area contributed by atoms with Gasteiger partial charge in [-0.15, -0.1) is 0 Å². The zero-order valence-corrected chi connectivity index (χ0v) is 12.7. The molecular formula is C14H20F2N2O2S. The minimum absolute atomic E-state index is 0.101. The fraction of sp³-hybridized carbons (Fsp3) is 0.571. The number of hydrogen-bond acceptors (Lipinski definition) is 3. The molecule has 1 saturated carbocycles. The van der Waals surface area contributed by atoms with E-state index in [1.807, 2.05) is 0 Å². The predicted molar refractivity (Wildman–Crippen MR) is 76.1 cm³/mol. The van der Waals surface area contributed by atoms with Crippen molar-refractivity contribution in [1.29, 1.82) is 0 Å². The van der Waals surface area contributed by atoms with E-state index >= 15 is 0 Å². The second-order valence-corrected chi connectivity index (χ2v) is 7.44. The van der Waals surface area contributed by atoms with E-state index in [9.17, 15) is 17.2 Å². The molecule has 21 heavy (non-hydrogen) atoms. The highest BCUT2D eigenvalue weighted by Crippen LogP contribution is 2.30. The SMILES string of the molecule is CN(C1CCCCC1CN)S(=O)(=O)c1ccc(F)c(F)c1. The van der Waals surface area contributed by atoms with Crippen LogP contribution in [0.15, 0.2) is 23.1 Å². The normalized spacial score (nSPS) is 23.5. The highest BCUT2D eigenvalue weighted by Gasteiger charge is 2.34. The maximum atomic E-state index is 13.3. The average molecular weight is 318 g/mol. The van der Waals surface area contributed by atoms with Gasteiger partial charge in [0.15, 0.2) is 11.6 Å². The molecule has 2 atom stereocenters. The number of nitrogens with zero attached hydrogens (tertiary/aromatic N) is 1. The van der Waals surface area contributed by atoms with Crippen LogP contribution in [0.3, 0.4) is 0 Å². The zero-order chi connectivity index (χ0) is 15.6. The van der Waals surface area contributed by atoms with Gasteiger partial charge in [-0.1, -0.05) is 12.8 Å². The van der Waals surface area contributed by atoms with Crippen molar-refractivity contribution in [3.63, 3.8) is 0 Å². The van der Waals surface area contributed by atoms with E-state index in [0.717, 1.165) is 43.9 Å². The molecule has 2 unspecified atom stereocenters. The third-order valence-corrected chi connectivity index (χ3v) is 6.09. The van der Waals surface area contributed by atoms with Gasteiger partial charge in [0.05, 0.1) is 4.90 Å². The molecule has 0 aliphatic heterocycles. The quantitative estimate of drug-likeness (QED) is 0.925. The standard InChI is InChI=1S/C14H20F2N2O2S/c1-18(14-5-3-2-4-10(14)9-17)21(19,20)11-6-7-12(15)13(16)8-11/h6-8,10,14H,2-5,9,17H2,1H3. The zero-order valence-electron chi connectivity index (χ0n) is 11.9. The van der Waals surface area contributed by atoms with Crippen molar-refractivity contribution in [2.75, 3.05) is 13.6 Å². The van der Waals surface area contributed by atoms with Gasteiger partial charge >= 0.3 is 0 Å². The molecule has 4 nitrogen and oxygen atoms in total. The lowest BCUT2D eigenvalue weighted by atomic mass is 9.85. The number of rotatable bonds is 4. The van der Waals surface area contributed by atoms with Crippen molar-refractivity contribution in [2.24, 2.45) is 11.7 Å². The van der Waals surface area contributed by atoms with Gasteiger partial charge in [-0.05, 0) is 43.5 Å². The minimum atomic E-state index is -3.85. The summed E-state index contributed by atoms with van der Waals surface area (Å²) < 4.78 is 52.6. The average Bonchev–Trinajstić information content (AvgIpc) is 2.49. The van der Waals surface area contributed by atoms with Crippen LogP contribution >= 0.6 is 0 Å². The smallest absolute Gasteiger partial charge is 0.243 e. The summed E-state index contributed by atoms with van der Waals surface area (Å²) in [5.41, 5.74) is 5.73. The van der Waals surface area contributed by atoms with E-state index in [2.05, 4.69) is 0 Å². The van der Waals surface area contributed by atoms with Crippen LogP contribution < -0.4 is 5.73 Å². The fourth-order valence-corrected chi connectivity index (χ4v) is 4.38. The molecule has 2 N–H and O–H groups in total. The molecule has 2 rings (SSSR count). The maximum Gasteiger partial charge on any atom is 0.243 e. The Balaban J connectivity index is 2.31. The van der Waals surface area contributed by atoms with E-state index in [0.29, 0.717) is 6.54 Å². The summed E-state index contributed by atoms with van der Waals surface area (Å²) in [5.74, 6) is -2.12. The van der Waals surface area contributed by atoms with Gasteiger partial charge in [-0.2, -0.15) is 4.31 Å². The van der Waals surface area contributed by atoms with Crippen LogP contribution in [-0.4, -0.2) is 32.4 Å². The highest BCUT2D eigenvalue weighted by molar-refractivity contribution is 7.89. The Labute approximate surface area is 124 Å². The molecule has 0 saturated heterocycles. The van der Waals surface area contributed by atoms with Crippen molar-refractivity contribution < 1.29 is 17.2 Å². The van der Waals surface area contributed by atoms with Crippen LogP contribution in [0, 0.1) is 17.6 Å². The monoisotopic (exact) mass is 318 g/mol. The van der Waals surface area contributed by atoms with Gasteiger partial charge < -0.3 is 5.73 Å². The lowest BCUT2D eigenvalue weighted by Crippen LogP contribution is -2.45. The Morgan fingerprint density at radius 2 is 1.90 bits per heavy atom. The second kappa shape index (κ2) is 6.37. The molecule has 0 radical (unpaired) electrons. The second-order valence-electron chi connectivity index (χ2n) is 5.44. The van der Waals surface area contributed by atoms with Crippen LogP contribution in [-0.2, 0) is 10.0 Å². The van der Waals surface area contributed by atoms with Crippen LogP contribution in [0.25, 0.3) is 0 Å². The molecule has 1 aliphatic rings. The first-order chi connectivity index (χ1) is 9.87. The number of nitrogens with two attached hydrogens (primary N) is 1. The van der Waals surface area contributed by atoms with Gasteiger partial charge in [-0.25, -0.2) is 17.2 Å². The van der Waals surface area contributed by atoms with Gasteiger partial charge in [0.1, 0.15) is 0 Å². The Bertz CT molecular complexity index is 607. The van der Waals surface area contributed by atoms with Crippen LogP contribution in [0.1, 0.15) is 25.7 Å². The Morgan fingerprint density at radius 1 is 1.24 bits per heavy atom. The number of sulfonamides is 1. The molecule has 1 aromatic rings. The number of hydrogen-bond donors (Lipinski definition) is 1. The minimum Gasteiger partial charge on any atom is -0.330 e. The van der Waals surface area contributed by atoms with E-state index in [1.54, 1.807) is 0 Å². The molecule has 0 heterocycles. The predicted octanol–water partition coefficient (Wildman–Crippen LogP) is 2.10. The largest absolute Gasteiger partial charge is 0.330 e. The van der Waals surface area contributed by atoms with Crippen molar-refractivity contribution in [2.45, 2.75) is 36.6 Å². The van der Waals surface area contributed by atoms with Crippen molar-refractivity contribution in [3.8, 4) is 0 Å². The van der Waals surface area contributed by atoms with Crippen molar-refractivity contribution in [3.05, 3.63) is 29.8 Å². The summed E-state index contributed by atoms with van der Waals surface area (Å²) in [6.45, 7) is 0.419. The number of halogens is 2. The summed E-state index contributed by atoms with van der Waals surface area (Å²) >= 11 is 0. The Hall–Kier alpha value is -1.05. The van der Waals surface area contributed by atoms with Gasteiger partial charge in [0, 0.05) is 13.1 Å². The molecule has 0 amide bonds. The molecule has 1 fully saturated rings. The topological polar surface area (TPSA) is 63.4 Å². The lowest BCUT2D eigenvalue weighted by molar-refractivity contribution is 0.204. The molecule has 1 aliphatic carbocycles. The molecule has 7 heteroatoms.